The number of amides is 2. The fourth-order valence-electron chi connectivity index (χ4n) is 4.08. The highest BCUT2D eigenvalue weighted by atomic mass is 16.2. The monoisotopic (exact) mass is 422 g/mol. The summed E-state index contributed by atoms with van der Waals surface area (Å²) in [5, 5.41) is 11.3. The second-order valence-corrected chi connectivity index (χ2v) is 8.15. The normalized spacial score (nSPS) is 15.2. The highest BCUT2D eigenvalue weighted by Gasteiger charge is 2.16. The second-order valence-electron chi connectivity index (χ2n) is 8.15. The molecule has 164 valence electrons. The average molecular weight is 423 g/mol. The molecule has 4 rings (SSSR count). The summed E-state index contributed by atoms with van der Waals surface area (Å²) in [6.45, 7) is 6.18. The molecule has 0 saturated carbocycles. The van der Waals surface area contributed by atoms with Crippen molar-refractivity contribution in [1.82, 2.24) is 25.0 Å². The van der Waals surface area contributed by atoms with Gasteiger partial charge in [-0.05, 0) is 49.9 Å². The van der Waals surface area contributed by atoms with Crippen molar-refractivity contribution in [1.29, 1.82) is 0 Å². The van der Waals surface area contributed by atoms with E-state index in [1.807, 2.05) is 29.3 Å². The van der Waals surface area contributed by atoms with Crippen molar-refractivity contribution in [3.63, 3.8) is 0 Å². The Labute approximate surface area is 182 Å². The van der Waals surface area contributed by atoms with Crippen LogP contribution in [0.4, 0.5) is 5.82 Å². The molecule has 0 unspecified atom stereocenters. The third-order valence-electron chi connectivity index (χ3n) is 5.86. The Morgan fingerprint density at radius 1 is 1.10 bits per heavy atom. The van der Waals surface area contributed by atoms with E-state index >= 15 is 0 Å². The van der Waals surface area contributed by atoms with Crippen molar-refractivity contribution >= 4 is 28.5 Å². The van der Waals surface area contributed by atoms with Gasteiger partial charge in [-0.2, -0.15) is 5.10 Å². The van der Waals surface area contributed by atoms with Crippen molar-refractivity contribution in [2.24, 2.45) is 0 Å². The Kier molecular flexibility index (Phi) is 6.66. The lowest BCUT2D eigenvalue weighted by Crippen LogP contribution is -2.34. The molecule has 1 aromatic carbocycles. The SMILES string of the molecule is CC(=O)N1CCCN(CCCCC(=O)Nc2cc(-c3ccc4cc[nH]c4c3)n[nH]2)CC1. The van der Waals surface area contributed by atoms with E-state index in [-0.39, 0.29) is 11.8 Å². The second kappa shape index (κ2) is 9.78. The molecule has 0 bridgehead atoms. The van der Waals surface area contributed by atoms with Gasteiger partial charge in [0, 0.05) is 56.3 Å². The zero-order valence-electron chi connectivity index (χ0n) is 18.0. The van der Waals surface area contributed by atoms with Crippen LogP contribution in [0.15, 0.2) is 36.5 Å². The maximum atomic E-state index is 12.3. The Morgan fingerprint density at radius 2 is 2.00 bits per heavy atom. The van der Waals surface area contributed by atoms with E-state index in [1.54, 1.807) is 6.92 Å². The number of aromatic amines is 2. The summed E-state index contributed by atoms with van der Waals surface area (Å²) in [7, 11) is 0. The number of anilines is 1. The highest BCUT2D eigenvalue weighted by molar-refractivity contribution is 5.90. The fraction of sp³-hybridized carbons (Fsp3) is 0.435. The molecule has 3 N–H and O–H groups in total. The zero-order valence-corrected chi connectivity index (χ0v) is 18.0. The molecule has 2 aromatic heterocycles. The van der Waals surface area contributed by atoms with E-state index in [0.717, 1.165) is 74.1 Å². The van der Waals surface area contributed by atoms with Gasteiger partial charge in [0.2, 0.25) is 11.8 Å². The number of rotatable bonds is 7. The van der Waals surface area contributed by atoms with Crippen molar-refractivity contribution in [3.05, 3.63) is 36.5 Å². The quantitative estimate of drug-likeness (QED) is 0.509. The number of benzene rings is 1. The third-order valence-corrected chi connectivity index (χ3v) is 5.86. The smallest absolute Gasteiger partial charge is 0.225 e. The number of hydrogen-bond acceptors (Lipinski definition) is 4. The lowest BCUT2D eigenvalue weighted by molar-refractivity contribution is -0.128. The molecule has 2 amide bonds. The maximum absolute atomic E-state index is 12.3. The number of carbonyl (C=O) groups is 2. The lowest BCUT2D eigenvalue weighted by atomic mass is 10.1. The molecule has 8 heteroatoms. The Balaban J connectivity index is 1.19. The van der Waals surface area contributed by atoms with Crippen LogP contribution in [0.3, 0.4) is 0 Å². The largest absolute Gasteiger partial charge is 0.361 e. The molecule has 0 radical (unpaired) electrons. The van der Waals surface area contributed by atoms with Gasteiger partial charge in [-0.25, -0.2) is 0 Å². The van der Waals surface area contributed by atoms with Crippen molar-refractivity contribution in [2.45, 2.75) is 32.6 Å². The lowest BCUT2D eigenvalue weighted by Gasteiger charge is -2.20. The first-order valence-corrected chi connectivity index (χ1v) is 11.0. The van der Waals surface area contributed by atoms with Gasteiger partial charge >= 0.3 is 0 Å². The number of hydrogen-bond donors (Lipinski definition) is 3. The first kappa shape index (κ1) is 21.1. The molecule has 3 heterocycles. The van der Waals surface area contributed by atoms with E-state index in [1.165, 1.54) is 0 Å². The molecule has 1 aliphatic rings. The number of carbonyl (C=O) groups excluding carboxylic acids is 2. The minimum absolute atomic E-state index is 0.00589. The first-order valence-electron chi connectivity index (χ1n) is 11.0. The van der Waals surface area contributed by atoms with Crippen LogP contribution in [0.25, 0.3) is 22.2 Å². The topological polar surface area (TPSA) is 97.1 Å². The summed E-state index contributed by atoms with van der Waals surface area (Å²) in [5.74, 6) is 0.766. The first-order chi connectivity index (χ1) is 15.1. The summed E-state index contributed by atoms with van der Waals surface area (Å²) in [6, 6.07) is 10.0. The molecule has 3 aromatic rings. The van der Waals surface area contributed by atoms with Gasteiger partial charge in [0.25, 0.3) is 0 Å². The summed E-state index contributed by atoms with van der Waals surface area (Å²) in [6.07, 6.45) is 5.22. The van der Waals surface area contributed by atoms with Crippen LogP contribution in [0.2, 0.25) is 0 Å². The van der Waals surface area contributed by atoms with Crippen LogP contribution in [-0.4, -0.2) is 69.5 Å². The summed E-state index contributed by atoms with van der Waals surface area (Å²) < 4.78 is 0. The Bertz CT molecular complexity index is 1040. The minimum Gasteiger partial charge on any atom is -0.361 e. The number of nitrogens with one attached hydrogen (secondary N) is 3. The highest BCUT2D eigenvalue weighted by Crippen LogP contribution is 2.24. The number of aromatic nitrogens is 3. The van der Waals surface area contributed by atoms with Gasteiger partial charge < -0.3 is 20.1 Å². The fourth-order valence-corrected chi connectivity index (χ4v) is 4.08. The summed E-state index contributed by atoms with van der Waals surface area (Å²) in [5.41, 5.74) is 2.85. The predicted octanol–water partition coefficient (Wildman–Crippen LogP) is 3.22. The van der Waals surface area contributed by atoms with Crippen molar-refractivity contribution in [2.75, 3.05) is 38.0 Å². The van der Waals surface area contributed by atoms with Crippen LogP contribution < -0.4 is 5.32 Å². The van der Waals surface area contributed by atoms with E-state index in [4.69, 9.17) is 0 Å². The van der Waals surface area contributed by atoms with Gasteiger partial charge in [0.1, 0.15) is 5.82 Å². The number of fused-ring (bicyclic) bond motifs is 1. The third kappa shape index (κ3) is 5.52. The van der Waals surface area contributed by atoms with Gasteiger partial charge in [-0.1, -0.05) is 12.1 Å². The van der Waals surface area contributed by atoms with E-state index < -0.39 is 0 Å². The molecule has 8 nitrogen and oxygen atoms in total. The molecular formula is C23H30N6O2. The minimum atomic E-state index is -0.00589. The Morgan fingerprint density at radius 3 is 2.87 bits per heavy atom. The predicted molar refractivity (Wildman–Crippen MR) is 122 cm³/mol. The van der Waals surface area contributed by atoms with Crippen molar-refractivity contribution in [3.8, 4) is 11.3 Å². The van der Waals surface area contributed by atoms with Crippen molar-refractivity contribution < 1.29 is 9.59 Å². The molecule has 0 spiro atoms. The maximum Gasteiger partial charge on any atom is 0.225 e. The zero-order chi connectivity index (χ0) is 21.6. The summed E-state index contributed by atoms with van der Waals surface area (Å²) >= 11 is 0. The van der Waals surface area contributed by atoms with Crippen LogP contribution >= 0.6 is 0 Å². The van der Waals surface area contributed by atoms with Crippen LogP contribution in [0, 0.1) is 0 Å². The Hall–Kier alpha value is -3.13. The standard InChI is InChI=1S/C23H30N6O2/c1-17(30)29-12-4-11-28(13-14-29)10-3-2-5-23(31)25-22-16-21(26-27-22)19-7-6-18-8-9-24-20(18)15-19/h6-9,15-16,24H,2-5,10-14H2,1H3,(H2,25,26,27,31). The van der Waals surface area contributed by atoms with E-state index in [9.17, 15) is 9.59 Å². The van der Waals surface area contributed by atoms with Gasteiger partial charge in [0.15, 0.2) is 0 Å². The summed E-state index contributed by atoms with van der Waals surface area (Å²) in [4.78, 5) is 31.3. The average Bonchev–Trinajstić information content (AvgIpc) is 3.35. The van der Waals surface area contributed by atoms with Gasteiger partial charge in [0.05, 0.1) is 5.69 Å². The van der Waals surface area contributed by atoms with E-state index in [2.05, 4.69) is 37.5 Å². The molecule has 1 fully saturated rings. The van der Waals surface area contributed by atoms with Crippen LogP contribution in [-0.2, 0) is 9.59 Å². The molecule has 1 saturated heterocycles. The number of H-pyrrole nitrogens is 2. The number of unbranched alkanes of at least 4 members (excludes halogenated alkanes) is 1. The molecular weight excluding hydrogens is 392 g/mol. The van der Waals surface area contributed by atoms with E-state index in [0.29, 0.717) is 12.2 Å². The molecule has 1 aliphatic heterocycles. The molecule has 0 atom stereocenters. The van der Waals surface area contributed by atoms with Gasteiger partial charge in [-0.15, -0.1) is 0 Å². The number of nitrogens with zero attached hydrogens (tertiary/aromatic N) is 3. The van der Waals surface area contributed by atoms with Crippen LogP contribution in [0.5, 0.6) is 0 Å². The molecule has 31 heavy (non-hydrogen) atoms. The van der Waals surface area contributed by atoms with Gasteiger partial charge in [-0.3, -0.25) is 14.7 Å². The molecule has 0 aliphatic carbocycles. The van der Waals surface area contributed by atoms with Crippen LogP contribution in [0.1, 0.15) is 32.6 Å².